The summed E-state index contributed by atoms with van der Waals surface area (Å²) in [5.74, 6) is 0.609. The molecule has 0 aliphatic carbocycles. The van der Waals surface area contributed by atoms with Crippen molar-refractivity contribution in [2.24, 2.45) is 12.0 Å². The Balaban J connectivity index is 2.05. The zero-order valence-electron chi connectivity index (χ0n) is 11.3. The fraction of sp³-hybridized carbons (Fsp3) is 0.0769. The van der Waals surface area contributed by atoms with E-state index in [-0.39, 0.29) is 5.76 Å². The topological polar surface area (TPSA) is 88.2 Å². The summed E-state index contributed by atoms with van der Waals surface area (Å²) in [5, 5.41) is 10.8. The minimum atomic E-state index is 0.275. The number of fused-ring (bicyclic) bond motifs is 1. The van der Waals surface area contributed by atoms with Crippen LogP contribution >= 0.6 is 27.5 Å². The summed E-state index contributed by atoms with van der Waals surface area (Å²) in [5.41, 5.74) is 1.71. The van der Waals surface area contributed by atoms with E-state index in [1.54, 1.807) is 23.2 Å². The Morgan fingerprint density at radius 1 is 1.55 bits per heavy atom. The average molecular weight is 382 g/mol. The van der Waals surface area contributed by atoms with Gasteiger partial charge in [0.15, 0.2) is 21.9 Å². The van der Waals surface area contributed by atoms with Gasteiger partial charge < -0.3 is 20.0 Å². The van der Waals surface area contributed by atoms with E-state index in [1.807, 2.05) is 7.05 Å². The number of aromatic nitrogens is 3. The third-order valence-electron chi connectivity index (χ3n) is 2.97. The highest BCUT2D eigenvalue weighted by molar-refractivity contribution is 9.10. The van der Waals surface area contributed by atoms with Crippen LogP contribution in [0, 0.1) is 5.41 Å². The Hall–Kier alpha value is -2.19. The lowest BCUT2D eigenvalue weighted by Gasteiger charge is -2.12. The number of aryl methyl sites for hydroxylation is 1. The molecule has 0 aromatic carbocycles. The SMILES string of the molecule is Cn1c(Br)nc2ncc(O/C(C=N)=C3\C=NC=CN3)c(Cl)c21. The molecule has 0 amide bonds. The van der Waals surface area contributed by atoms with Gasteiger partial charge in [-0.3, -0.25) is 4.99 Å². The van der Waals surface area contributed by atoms with E-state index >= 15 is 0 Å². The standard InChI is InChI=1S/C13H10BrClN6O/c1-21-11-10(15)9(6-19-12(11)20-13(21)14)22-8(4-16)7-5-17-2-3-18-7/h2-6,16,18H,1H3/b8-7+,16-4?. The Kier molecular flexibility index (Phi) is 3.95. The van der Waals surface area contributed by atoms with Crippen molar-refractivity contribution in [1.29, 1.82) is 5.41 Å². The lowest BCUT2D eigenvalue weighted by atomic mass is 10.3. The van der Waals surface area contributed by atoms with E-state index < -0.39 is 0 Å². The molecule has 2 aromatic rings. The lowest BCUT2D eigenvalue weighted by molar-refractivity contribution is 0.449. The molecule has 1 aliphatic rings. The first-order valence-corrected chi connectivity index (χ1v) is 7.32. The van der Waals surface area contributed by atoms with E-state index in [4.69, 9.17) is 21.7 Å². The van der Waals surface area contributed by atoms with Gasteiger partial charge in [0.2, 0.25) is 0 Å². The molecule has 1 aliphatic heterocycles. The van der Waals surface area contributed by atoms with Gasteiger partial charge in [0, 0.05) is 19.4 Å². The highest BCUT2D eigenvalue weighted by Gasteiger charge is 2.16. The molecule has 2 N–H and O–H groups in total. The highest BCUT2D eigenvalue weighted by Crippen LogP contribution is 2.33. The largest absolute Gasteiger partial charge is 0.450 e. The third-order valence-corrected chi connectivity index (χ3v) is 4.04. The van der Waals surface area contributed by atoms with E-state index in [1.165, 1.54) is 6.20 Å². The van der Waals surface area contributed by atoms with Gasteiger partial charge in [0.25, 0.3) is 0 Å². The van der Waals surface area contributed by atoms with Crippen LogP contribution in [0.2, 0.25) is 5.02 Å². The summed E-state index contributed by atoms with van der Waals surface area (Å²) in [6.45, 7) is 0. The molecule has 3 heterocycles. The molecule has 0 bridgehead atoms. The molecule has 112 valence electrons. The van der Waals surface area contributed by atoms with Crippen molar-refractivity contribution in [3.05, 3.63) is 39.8 Å². The van der Waals surface area contributed by atoms with Crippen molar-refractivity contribution in [3.63, 3.8) is 0 Å². The highest BCUT2D eigenvalue weighted by atomic mass is 79.9. The van der Waals surface area contributed by atoms with Crippen molar-refractivity contribution in [3.8, 4) is 5.75 Å². The molecule has 2 aromatic heterocycles. The van der Waals surface area contributed by atoms with Crippen molar-refractivity contribution >= 4 is 51.1 Å². The molecular weight excluding hydrogens is 372 g/mol. The molecule has 0 saturated carbocycles. The van der Waals surface area contributed by atoms with Crippen molar-refractivity contribution in [1.82, 2.24) is 19.9 Å². The second-order valence-corrected chi connectivity index (χ2v) is 5.40. The zero-order chi connectivity index (χ0) is 15.7. The van der Waals surface area contributed by atoms with Gasteiger partial charge in [0.1, 0.15) is 16.2 Å². The predicted octanol–water partition coefficient (Wildman–Crippen LogP) is 2.77. The van der Waals surface area contributed by atoms with Crippen LogP contribution in [0.5, 0.6) is 5.75 Å². The number of pyridine rings is 1. The zero-order valence-corrected chi connectivity index (χ0v) is 13.7. The minimum Gasteiger partial charge on any atom is -0.450 e. The molecule has 0 saturated heterocycles. The molecule has 0 fully saturated rings. The summed E-state index contributed by atoms with van der Waals surface area (Å²) >= 11 is 9.71. The first-order chi connectivity index (χ1) is 10.6. The van der Waals surface area contributed by atoms with E-state index in [9.17, 15) is 0 Å². The number of hydrogen-bond donors (Lipinski definition) is 2. The Morgan fingerprint density at radius 2 is 2.36 bits per heavy atom. The number of nitrogens with zero attached hydrogens (tertiary/aromatic N) is 4. The fourth-order valence-electron chi connectivity index (χ4n) is 1.90. The first kappa shape index (κ1) is 14.7. The van der Waals surface area contributed by atoms with Crippen LogP contribution in [0.4, 0.5) is 0 Å². The Labute approximate surface area is 139 Å². The number of allylic oxidation sites excluding steroid dienone is 2. The van der Waals surface area contributed by atoms with E-state index in [2.05, 4.69) is 36.2 Å². The summed E-state index contributed by atoms with van der Waals surface area (Å²) in [6, 6.07) is 0. The number of rotatable bonds is 3. The first-order valence-electron chi connectivity index (χ1n) is 6.15. The van der Waals surface area contributed by atoms with Crippen molar-refractivity contribution < 1.29 is 4.74 Å². The van der Waals surface area contributed by atoms with Gasteiger partial charge in [0.05, 0.1) is 18.6 Å². The molecule has 0 unspecified atom stereocenters. The van der Waals surface area contributed by atoms with Gasteiger partial charge in [-0.05, 0) is 15.9 Å². The van der Waals surface area contributed by atoms with Gasteiger partial charge in [-0.2, -0.15) is 0 Å². The van der Waals surface area contributed by atoms with E-state index in [0.29, 0.717) is 32.4 Å². The minimum absolute atomic E-state index is 0.275. The Bertz CT molecular complexity index is 854. The molecule has 0 atom stereocenters. The summed E-state index contributed by atoms with van der Waals surface area (Å²) in [6.07, 6.45) is 7.35. The maximum Gasteiger partial charge on any atom is 0.180 e. The molecule has 9 heteroatoms. The van der Waals surface area contributed by atoms with Gasteiger partial charge in [-0.1, -0.05) is 11.6 Å². The molecule has 22 heavy (non-hydrogen) atoms. The monoisotopic (exact) mass is 380 g/mol. The second-order valence-electron chi connectivity index (χ2n) is 4.31. The van der Waals surface area contributed by atoms with Crippen LogP contribution in [0.15, 0.2) is 39.8 Å². The third kappa shape index (κ3) is 2.51. The molecule has 7 nitrogen and oxygen atoms in total. The summed E-state index contributed by atoms with van der Waals surface area (Å²) in [7, 11) is 1.81. The molecule has 3 rings (SSSR count). The number of imidazole rings is 1. The second kappa shape index (κ2) is 5.90. The number of nitrogens with one attached hydrogen (secondary N) is 2. The smallest absolute Gasteiger partial charge is 0.180 e. The van der Waals surface area contributed by atoms with Crippen LogP contribution in [0.25, 0.3) is 11.2 Å². The quantitative estimate of drug-likeness (QED) is 0.632. The van der Waals surface area contributed by atoms with Crippen LogP contribution in [-0.2, 0) is 7.05 Å². The number of halogens is 2. The van der Waals surface area contributed by atoms with Gasteiger partial charge >= 0.3 is 0 Å². The Morgan fingerprint density at radius 3 is 3.05 bits per heavy atom. The fourth-order valence-corrected chi connectivity index (χ4v) is 2.54. The summed E-state index contributed by atoms with van der Waals surface area (Å²) in [4.78, 5) is 12.4. The maximum atomic E-state index is 7.50. The normalized spacial score (nSPS) is 15.8. The lowest BCUT2D eigenvalue weighted by Crippen LogP contribution is -2.15. The number of ether oxygens (including phenoxy) is 1. The van der Waals surface area contributed by atoms with Crippen LogP contribution in [0.3, 0.4) is 0 Å². The summed E-state index contributed by atoms with van der Waals surface area (Å²) < 4.78 is 8.08. The average Bonchev–Trinajstić information content (AvgIpc) is 2.83. The molecule has 0 radical (unpaired) electrons. The number of hydrogen-bond acceptors (Lipinski definition) is 6. The maximum absolute atomic E-state index is 7.50. The van der Waals surface area contributed by atoms with Gasteiger partial charge in [-0.15, -0.1) is 0 Å². The van der Waals surface area contributed by atoms with Crippen LogP contribution < -0.4 is 10.1 Å². The van der Waals surface area contributed by atoms with Crippen molar-refractivity contribution in [2.45, 2.75) is 0 Å². The number of aliphatic imine (C=N–C) groups is 1. The van der Waals surface area contributed by atoms with Crippen LogP contribution in [-0.4, -0.2) is 27.0 Å². The van der Waals surface area contributed by atoms with Gasteiger partial charge in [-0.25, -0.2) is 9.97 Å². The van der Waals surface area contributed by atoms with Crippen LogP contribution in [0.1, 0.15) is 0 Å². The molecular formula is C13H10BrClN6O. The van der Waals surface area contributed by atoms with Crippen molar-refractivity contribution in [2.75, 3.05) is 0 Å². The van der Waals surface area contributed by atoms with E-state index in [0.717, 1.165) is 6.21 Å². The predicted molar refractivity (Wildman–Crippen MR) is 88.4 cm³/mol. The molecule has 0 spiro atoms.